The highest BCUT2D eigenvalue weighted by Crippen LogP contribution is 2.50. The number of carbonyl (C=O) groups excluding carboxylic acids is 2. The predicted molar refractivity (Wildman–Crippen MR) is 123 cm³/mol. The van der Waals surface area contributed by atoms with E-state index in [0.29, 0.717) is 29.3 Å². The van der Waals surface area contributed by atoms with Gasteiger partial charge in [0.25, 0.3) is 11.6 Å². The van der Waals surface area contributed by atoms with Crippen molar-refractivity contribution in [2.24, 2.45) is 5.92 Å². The molecule has 0 aromatic heterocycles. The molecule has 5 rings (SSSR count). The number of hydrogen-bond donors (Lipinski definition) is 0. The summed E-state index contributed by atoms with van der Waals surface area (Å²) in [5.41, 5.74) is 1.06. The molecule has 0 unspecified atom stereocenters. The molecule has 2 fully saturated rings. The lowest BCUT2D eigenvalue weighted by molar-refractivity contribution is -0.385. The number of para-hydroxylation sites is 4. The van der Waals surface area contributed by atoms with E-state index in [4.69, 9.17) is 9.57 Å². The molecule has 9 nitrogen and oxygen atoms in total. The summed E-state index contributed by atoms with van der Waals surface area (Å²) in [4.78, 5) is 45.7. The van der Waals surface area contributed by atoms with Crippen LogP contribution in [0.1, 0.15) is 18.5 Å². The van der Waals surface area contributed by atoms with Crippen LogP contribution in [0.5, 0.6) is 5.75 Å². The molecule has 3 aromatic carbocycles. The molecule has 0 spiro atoms. The van der Waals surface area contributed by atoms with Crippen LogP contribution >= 0.6 is 0 Å². The summed E-state index contributed by atoms with van der Waals surface area (Å²) in [5, 5.41) is 13.3. The van der Waals surface area contributed by atoms with Crippen molar-refractivity contribution in [3.8, 4) is 5.75 Å². The Kier molecular flexibility index (Phi) is 5.46. The lowest BCUT2D eigenvalue weighted by Crippen LogP contribution is -2.37. The topological polar surface area (TPSA) is 102 Å². The van der Waals surface area contributed by atoms with Crippen molar-refractivity contribution in [3.05, 3.63) is 94.5 Å². The minimum absolute atomic E-state index is 0.147. The summed E-state index contributed by atoms with van der Waals surface area (Å²) < 4.78 is 5.63. The summed E-state index contributed by atoms with van der Waals surface area (Å²) in [7, 11) is 0. The number of hydroxylamine groups is 1. The van der Waals surface area contributed by atoms with Crippen LogP contribution in [0.3, 0.4) is 0 Å². The van der Waals surface area contributed by atoms with Gasteiger partial charge >= 0.3 is 0 Å². The van der Waals surface area contributed by atoms with Gasteiger partial charge in [-0.2, -0.15) is 0 Å². The molecule has 2 aliphatic heterocycles. The normalized spacial score (nSPS) is 21.6. The van der Waals surface area contributed by atoms with E-state index >= 15 is 0 Å². The highest BCUT2D eigenvalue weighted by atomic mass is 16.7. The second-order valence-corrected chi connectivity index (χ2v) is 7.89. The number of nitro benzene ring substituents is 1. The Morgan fingerprint density at radius 3 is 2.35 bits per heavy atom. The standard InChI is InChI=1S/C25H21N3O6/c1-2-33-20-15-9-8-14-19(20)26-24(29)21-22(17-12-6-7-13-18(17)28(31)32)27(34-23(21)25(26)30)16-10-4-3-5-11-16/h3-15,21-23H,2H2,1H3/t21-,22-,23+/m1/s1. The molecule has 2 saturated heterocycles. The molecule has 0 aliphatic carbocycles. The number of hydrogen-bond acceptors (Lipinski definition) is 7. The molecule has 0 radical (unpaired) electrons. The number of fused-ring (bicyclic) bond motifs is 1. The molecule has 0 bridgehead atoms. The Balaban J connectivity index is 1.63. The average Bonchev–Trinajstić information content (AvgIpc) is 3.36. The Morgan fingerprint density at radius 2 is 1.62 bits per heavy atom. The van der Waals surface area contributed by atoms with Crippen LogP contribution in [-0.4, -0.2) is 29.4 Å². The molecule has 172 valence electrons. The Hall–Kier alpha value is -4.24. The maximum Gasteiger partial charge on any atom is 0.274 e. The minimum Gasteiger partial charge on any atom is -0.492 e. The van der Waals surface area contributed by atoms with Gasteiger partial charge in [-0.25, -0.2) is 9.96 Å². The number of nitrogens with zero attached hydrogens (tertiary/aromatic N) is 3. The van der Waals surface area contributed by atoms with E-state index in [1.165, 1.54) is 11.1 Å². The van der Waals surface area contributed by atoms with Crippen molar-refractivity contribution >= 4 is 28.9 Å². The van der Waals surface area contributed by atoms with Gasteiger partial charge in [0, 0.05) is 6.07 Å². The van der Waals surface area contributed by atoms with Gasteiger partial charge in [-0.05, 0) is 37.3 Å². The fourth-order valence-corrected chi connectivity index (χ4v) is 4.59. The maximum atomic E-state index is 13.8. The van der Waals surface area contributed by atoms with Gasteiger partial charge < -0.3 is 4.74 Å². The molecule has 0 saturated carbocycles. The van der Waals surface area contributed by atoms with E-state index < -0.39 is 34.8 Å². The monoisotopic (exact) mass is 459 g/mol. The minimum atomic E-state index is -1.13. The van der Waals surface area contributed by atoms with Crippen molar-refractivity contribution in [1.29, 1.82) is 0 Å². The summed E-state index contributed by atoms with van der Waals surface area (Å²) in [5.74, 6) is -1.62. The first-order valence-electron chi connectivity index (χ1n) is 10.9. The van der Waals surface area contributed by atoms with Crippen LogP contribution in [0.2, 0.25) is 0 Å². The zero-order valence-corrected chi connectivity index (χ0v) is 18.2. The second kappa shape index (κ2) is 8.60. The van der Waals surface area contributed by atoms with Gasteiger partial charge in [-0.1, -0.05) is 42.5 Å². The quantitative estimate of drug-likeness (QED) is 0.311. The van der Waals surface area contributed by atoms with Crippen LogP contribution < -0.4 is 14.7 Å². The molecule has 2 aliphatic rings. The van der Waals surface area contributed by atoms with Gasteiger partial charge in [-0.3, -0.25) is 24.5 Å². The molecule has 34 heavy (non-hydrogen) atoms. The SMILES string of the molecule is CCOc1ccccc1N1C(=O)[C@H]2[C@H](ON(c3ccccc3)[C@@H]2c2ccccc2[N+](=O)[O-])C1=O. The Morgan fingerprint density at radius 1 is 0.941 bits per heavy atom. The second-order valence-electron chi connectivity index (χ2n) is 7.89. The average molecular weight is 459 g/mol. The summed E-state index contributed by atoms with van der Waals surface area (Å²) in [6, 6.07) is 21.0. The Labute approximate surface area is 195 Å². The number of ether oxygens (including phenoxy) is 1. The summed E-state index contributed by atoms with van der Waals surface area (Å²) in [6.45, 7) is 2.17. The molecule has 9 heteroatoms. The van der Waals surface area contributed by atoms with Crippen LogP contribution in [0, 0.1) is 16.0 Å². The fraction of sp³-hybridized carbons (Fsp3) is 0.200. The number of carbonyl (C=O) groups is 2. The third-order valence-corrected chi connectivity index (χ3v) is 5.98. The third kappa shape index (κ3) is 3.37. The van der Waals surface area contributed by atoms with Gasteiger partial charge in [0.05, 0.1) is 28.5 Å². The van der Waals surface area contributed by atoms with E-state index in [1.54, 1.807) is 66.7 Å². The zero-order valence-electron chi connectivity index (χ0n) is 18.2. The first kappa shape index (κ1) is 21.6. The molecular weight excluding hydrogens is 438 g/mol. The Bertz CT molecular complexity index is 1260. The first-order valence-corrected chi connectivity index (χ1v) is 10.9. The molecular formula is C25H21N3O6. The van der Waals surface area contributed by atoms with E-state index in [0.717, 1.165) is 4.90 Å². The molecule has 3 atom stereocenters. The van der Waals surface area contributed by atoms with Crippen molar-refractivity contribution in [2.45, 2.75) is 19.1 Å². The van der Waals surface area contributed by atoms with Gasteiger partial charge in [0.1, 0.15) is 17.7 Å². The summed E-state index contributed by atoms with van der Waals surface area (Å²) in [6.07, 6.45) is -1.13. The molecule has 2 heterocycles. The number of benzene rings is 3. The maximum absolute atomic E-state index is 13.8. The zero-order chi connectivity index (χ0) is 23.8. The van der Waals surface area contributed by atoms with E-state index in [-0.39, 0.29) is 5.69 Å². The summed E-state index contributed by atoms with van der Waals surface area (Å²) >= 11 is 0. The first-order chi connectivity index (χ1) is 16.5. The third-order valence-electron chi connectivity index (χ3n) is 5.98. The van der Waals surface area contributed by atoms with Crippen LogP contribution in [0.25, 0.3) is 0 Å². The lowest BCUT2D eigenvalue weighted by Gasteiger charge is -2.28. The van der Waals surface area contributed by atoms with Crippen LogP contribution in [0.15, 0.2) is 78.9 Å². The van der Waals surface area contributed by atoms with Crippen molar-refractivity contribution < 1.29 is 24.1 Å². The van der Waals surface area contributed by atoms with Gasteiger partial charge in [0.2, 0.25) is 5.91 Å². The fourth-order valence-electron chi connectivity index (χ4n) is 4.59. The van der Waals surface area contributed by atoms with E-state index in [9.17, 15) is 19.7 Å². The van der Waals surface area contributed by atoms with Crippen LogP contribution in [0.4, 0.5) is 17.1 Å². The highest BCUT2D eigenvalue weighted by molar-refractivity contribution is 6.24. The van der Waals surface area contributed by atoms with Crippen molar-refractivity contribution in [1.82, 2.24) is 0 Å². The predicted octanol–water partition coefficient (Wildman–Crippen LogP) is 4.04. The number of rotatable bonds is 6. The largest absolute Gasteiger partial charge is 0.492 e. The van der Waals surface area contributed by atoms with E-state index in [1.807, 2.05) is 13.0 Å². The molecule has 2 amide bonds. The highest BCUT2D eigenvalue weighted by Gasteiger charge is 2.61. The van der Waals surface area contributed by atoms with Gasteiger partial charge in [0.15, 0.2) is 6.10 Å². The lowest BCUT2D eigenvalue weighted by atomic mass is 9.89. The number of nitro groups is 1. The van der Waals surface area contributed by atoms with Crippen molar-refractivity contribution in [2.75, 3.05) is 16.6 Å². The molecule has 3 aromatic rings. The van der Waals surface area contributed by atoms with Crippen molar-refractivity contribution in [3.63, 3.8) is 0 Å². The number of imide groups is 1. The van der Waals surface area contributed by atoms with E-state index in [2.05, 4.69) is 0 Å². The van der Waals surface area contributed by atoms with Gasteiger partial charge in [-0.15, -0.1) is 0 Å². The van der Waals surface area contributed by atoms with Crippen LogP contribution in [-0.2, 0) is 14.4 Å². The number of amides is 2. The smallest absolute Gasteiger partial charge is 0.274 e. The molecule has 0 N–H and O–H groups in total. The number of anilines is 2.